The molecule has 1 aliphatic rings. The summed E-state index contributed by atoms with van der Waals surface area (Å²) in [6.07, 6.45) is 7.19. The van der Waals surface area contributed by atoms with Crippen LogP contribution in [-0.4, -0.2) is 18.1 Å². The number of rotatable bonds is 6. The van der Waals surface area contributed by atoms with Crippen LogP contribution in [0.4, 0.5) is 0 Å². The van der Waals surface area contributed by atoms with Crippen LogP contribution in [0.1, 0.15) is 43.2 Å². The maximum atomic E-state index is 5.78. The number of nitrogens with two attached hydrogens (primary N) is 1. The minimum Gasteiger partial charge on any atom is -0.271 e. The second-order valence-corrected chi connectivity index (χ2v) is 6.64. The van der Waals surface area contributed by atoms with Crippen LogP contribution in [0.15, 0.2) is 24.3 Å². The number of benzene rings is 1. The van der Waals surface area contributed by atoms with Gasteiger partial charge in [0, 0.05) is 6.04 Å². The molecule has 19 heavy (non-hydrogen) atoms. The Morgan fingerprint density at radius 1 is 1.42 bits per heavy atom. The van der Waals surface area contributed by atoms with Crippen LogP contribution in [0, 0.1) is 5.92 Å². The number of nitrogens with one attached hydrogen (secondary N) is 1. The highest BCUT2D eigenvalue weighted by Gasteiger charge is 2.25. The van der Waals surface area contributed by atoms with Crippen molar-refractivity contribution in [3.63, 3.8) is 0 Å². The molecule has 3 heteroatoms. The highest BCUT2D eigenvalue weighted by atomic mass is 32.2. The predicted octanol–water partition coefficient (Wildman–Crippen LogP) is 3.33. The van der Waals surface area contributed by atoms with Crippen molar-refractivity contribution in [2.75, 3.05) is 12.0 Å². The average molecular weight is 278 g/mol. The highest BCUT2D eigenvalue weighted by Crippen LogP contribution is 2.35. The molecule has 3 unspecified atom stereocenters. The molecule has 0 bridgehead atoms. The molecule has 0 saturated carbocycles. The van der Waals surface area contributed by atoms with E-state index in [4.69, 9.17) is 5.84 Å². The van der Waals surface area contributed by atoms with E-state index in [1.165, 1.54) is 25.0 Å². The normalized spacial score (nSPS) is 21.7. The van der Waals surface area contributed by atoms with Gasteiger partial charge in [-0.2, -0.15) is 11.8 Å². The number of hydrazine groups is 1. The van der Waals surface area contributed by atoms with E-state index in [1.807, 2.05) is 11.8 Å². The van der Waals surface area contributed by atoms with Gasteiger partial charge in [0.1, 0.15) is 0 Å². The number of fused-ring (bicyclic) bond motifs is 1. The van der Waals surface area contributed by atoms with Crippen molar-refractivity contribution in [2.24, 2.45) is 11.8 Å². The van der Waals surface area contributed by atoms with Crippen molar-refractivity contribution in [3.05, 3.63) is 35.4 Å². The summed E-state index contributed by atoms with van der Waals surface area (Å²) < 4.78 is 0. The third-order valence-electron chi connectivity index (χ3n) is 4.36. The van der Waals surface area contributed by atoms with Gasteiger partial charge in [-0.05, 0) is 60.7 Å². The van der Waals surface area contributed by atoms with Crippen LogP contribution >= 0.6 is 11.8 Å². The Balaban J connectivity index is 2.06. The molecule has 2 nitrogen and oxygen atoms in total. The van der Waals surface area contributed by atoms with Gasteiger partial charge in [-0.1, -0.05) is 31.2 Å². The summed E-state index contributed by atoms with van der Waals surface area (Å²) in [4.78, 5) is 0. The summed E-state index contributed by atoms with van der Waals surface area (Å²) in [6, 6.07) is 9.36. The largest absolute Gasteiger partial charge is 0.271 e. The first-order chi connectivity index (χ1) is 9.26. The SMILES string of the molecule is CSCC(C)C(CC1CCCc2ccccc21)NN. The zero-order chi connectivity index (χ0) is 13.7. The Bertz CT molecular complexity index is 394. The molecule has 2 rings (SSSR count). The first kappa shape index (κ1) is 14.9. The molecule has 106 valence electrons. The summed E-state index contributed by atoms with van der Waals surface area (Å²) >= 11 is 1.91. The molecule has 0 amide bonds. The van der Waals surface area contributed by atoms with Crippen LogP contribution in [0.5, 0.6) is 0 Å². The van der Waals surface area contributed by atoms with E-state index in [1.54, 1.807) is 11.1 Å². The summed E-state index contributed by atoms with van der Waals surface area (Å²) in [5.41, 5.74) is 6.16. The van der Waals surface area contributed by atoms with Gasteiger partial charge in [-0.3, -0.25) is 11.3 Å². The van der Waals surface area contributed by atoms with Crippen molar-refractivity contribution in [1.82, 2.24) is 5.43 Å². The maximum Gasteiger partial charge on any atom is 0.0249 e. The fraction of sp³-hybridized carbons (Fsp3) is 0.625. The summed E-state index contributed by atoms with van der Waals surface area (Å²) in [5.74, 6) is 8.25. The summed E-state index contributed by atoms with van der Waals surface area (Å²) in [6.45, 7) is 2.30. The average Bonchev–Trinajstić information content (AvgIpc) is 2.45. The van der Waals surface area contributed by atoms with E-state index < -0.39 is 0 Å². The molecule has 0 radical (unpaired) electrons. The first-order valence-corrected chi connectivity index (χ1v) is 8.68. The van der Waals surface area contributed by atoms with Gasteiger partial charge in [-0.15, -0.1) is 0 Å². The zero-order valence-electron chi connectivity index (χ0n) is 12.1. The molecule has 3 atom stereocenters. The Morgan fingerprint density at radius 2 is 2.21 bits per heavy atom. The number of aryl methyl sites for hydroxylation is 1. The lowest BCUT2D eigenvalue weighted by molar-refractivity contribution is 0.346. The van der Waals surface area contributed by atoms with Crippen LogP contribution in [0.3, 0.4) is 0 Å². The lowest BCUT2D eigenvalue weighted by Crippen LogP contribution is -2.42. The summed E-state index contributed by atoms with van der Waals surface area (Å²) in [5, 5.41) is 0. The molecule has 1 aromatic carbocycles. The monoisotopic (exact) mass is 278 g/mol. The molecule has 1 aromatic rings. The maximum absolute atomic E-state index is 5.78. The van der Waals surface area contributed by atoms with Gasteiger partial charge in [0.05, 0.1) is 0 Å². The molecule has 0 spiro atoms. The lowest BCUT2D eigenvalue weighted by Gasteiger charge is -2.31. The fourth-order valence-corrected chi connectivity index (χ4v) is 4.01. The molecule has 0 fully saturated rings. The van der Waals surface area contributed by atoms with Gasteiger partial charge < -0.3 is 0 Å². The molecule has 0 aliphatic heterocycles. The smallest absolute Gasteiger partial charge is 0.0249 e. The van der Waals surface area contributed by atoms with E-state index in [9.17, 15) is 0 Å². The number of thioether (sulfide) groups is 1. The van der Waals surface area contributed by atoms with E-state index in [0.717, 1.165) is 6.42 Å². The fourth-order valence-electron chi connectivity index (χ4n) is 3.25. The molecule has 3 N–H and O–H groups in total. The van der Waals surface area contributed by atoms with E-state index >= 15 is 0 Å². The molecule has 1 aliphatic carbocycles. The van der Waals surface area contributed by atoms with E-state index in [0.29, 0.717) is 17.9 Å². The summed E-state index contributed by atoms with van der Waals surface area (Å²) in [7, 11) is 0. The van der Waals surface area contributed by atoms with Crippen molar-refractivity contribution < 1.29 is 0 Å². The quantitative estimate of drug-likeness (QED) is 0.619. The predicted molar refractivity (Wildman–Crippen MR) is 85.4 cm³/mol. The Kier molecular flexibility index (Phi) is 5.74. The van der Waals surface area contributed by atoms with Gasteiger partial charge in [-0.25, -0.2) is 0 Å². The third kappa shape index (κ3) is 3.74. The van der Waals surface area contributed by atoms with E-state index in [-0.39, 0.29) is 0 Å². The van der Waals surface area contributed by atoms with Gasteiger partial charge >= 0.3 is 0 Å². The Labute approximate surface area is 121 Å². The second-order valence-electron chi connectivity index (χ2n) is 5.73. The van der Waals surface area contributed by atoms with Crippen molar-refractivity contribution in [3.8, 4) is 0 Å². The van der Waals surface area contributed by atoms with Crippen molar-refractivity contribution in [1.29, 1.82) is 0 Å². The topological polar surface area (TPSA) is 38.0 Å². The van der Waals surface area contributed by atoms with Gasteiger partial charge in [0.2, 0.25) is 0 Å². The van der Waals surface area contributed by atoms with Crippen LogP contribution in [0.2, 0.25) is 0 Å². The second kappa shape index (κ2) is 7.32. The number of hydrogen-bond acceptors (Lipinski definition) is 3. The van der Waals surface area contributed by atoms with Gasteiger partial charge in [0.15, 0.2) is 0 Å². The molecular weight excluding hydrogens is 252 g/mol. The lowest BCUT2D eigenvalue weighted by atomic mass is 9.78. The molecule has 0 saturated heterocycles. The first-order valence-electron chi connectivity index (χ1n) is 7.29. The minimum absolute atomic E-state index is 0.420. The van der Waals surface area contributed by atoms with Crippen LogP contribution in [-0.2, 0) is 6.42 Å². The van der Waals surface area contributed by atoms with E-state index in [2.05, 4.69) is 42.9 Å². The van der Waals surface area contributed by atoms with Gasteiger partial charge in [0.25, 0.3) is 0 Å². The standard InChI is InChI=1S/C16H26N2S/c1-12(11-19-2)16(18-17)10-14-8-5-7-13-6-3-4-9-15(13)14/h3-4,6,9,12,14,16,18H,5,7-8,10-11,17H2,1-2H3. The molecular formula is C16H26N2S. The molecule has 0 aromatic heterocycles. The Morgan fingerprint density at radius 3 is 2.95 bits per heavy atom. The van der Waals surface area contributed by atoms with Crippen LogP contribution < -0.4 is 11.3 Å². The number of hydrogen-bond donors (Lipinski definition) is 2. The highest BCUT2D eigenvalue weighted by molar-refractivity contribution is 7.98. The minimum atomic E-state index is 0.420. The molecule has 0 heterocycles. The van der Waals surface area contributed by atoms with Crippen molar-refractivity contribution >= 4 is 11.8 Å². The zero-order valence-corrected chi connectivity index (χ0v) is 12.9. The third-order valence-corrected chi connectivity index (χ3v) is 5.22. The Hall–Kier alpha value is -0.510. The van der Waals surface area contributed by atoms with Crippen molar-refractivity contribution in [2.45, 2.75) is 44.6 Å². The van der Waals surface area contributed by atoms with Crippen LogP contribution in [0.25, 0.3) is 0 Å².